The Morgan fingerprint density at radius 1 is 1.14 bits per heavy atom. The van der Waals surface area contributed by atoms with Crippen molar-refractivity contribution in [3.05, 3.63) is 0 Å². The summed E-state index contributed by atoms with van der Waals surface area (Å²) in [4.78, 5) is 13.2. The third kappa shape index (κ3) is 5.94. The number of hydrogen-bond acceptors (Lipinski definition) is 3. The van der Waals surface area contributed by atoms with E-state index < -0.39 is 0 Å². The minimum absolute atomic E-state index is 0.0366. The van der Waals surface area contributed by atoms with Crippen LogP contribution in [0.3, 0.4) is 0 Å². The minimum Gasteiger partial charge on any atom is -0.342 e. The highest BCUT2D eigenvalue weighted by Gasteiger charge is 2.09. The quantitative estimate of drug-likeness (QED) is 0.555. The van der Waals surface area contributed by atoms with Crippen LogP contribution in [0.25, 0.3) is 0 Å². The standard InChI is InChI=1S/C10H23N3O/c1-2-3-4-7-13(8-5-6-11)10(14)9-12/h2-9,11-12H2,1H3. The number of unbranched alkanes of at least 4 members (excludes halogenated alkanes) is 2. The first-order chi connectivity index (χ1) is 6.76. The highest BCUT2D eigenvalue weighted by molar-refractivity contribution is 5.77. The van der Waals surface area contributed by atoms with Crippen molar-refractivity contribution in [1.29, 1.82) is 0 Å². The molecule has 0 unspecified atom stereocenters. The van der Waals surface area contributed by atoms with Crippen LogP contribution in [0.1, 0.15) is 32.6 Å². The molecule has 0 aliphatic heterocycles. The van der Waals surface area contributed by atoms with E-state index in [-0.39, 0.29) is 12.5 Å². The maximum atomic E-state index is 11.4. The third-order valence-corrected chi connectivity index (χ3v) is 2.19. The third-order valence-electron chi connectivity index (χ3n) is 2.19. The smallest absolute Gasteiger partial charge is 0.236 e. The summed E-state index contributed by atoms with van der Waals surface area (Å²) in [5.74, 6) is 0.0366. The summed E-state index contributed by atoms with van der Waals surface area (Å²) < 4.78 is 0. The number of rotatable bonds is 8. The Morgan fingerprint density at radius 2 is 1.79 bits per heavy atom. The second kappa shape index (κ2) is 8.97. The average Bonchev–Trinajstić information content (AvgIpc) is 2.22. The van der Waals surface area contributed by atoms with Gasteiger partial charge in [0.2, 0.25) is 5.91 Å². The molecule has 0 aromatic heterocycles. The summed E-state index contributed by atoms with van der Waals surface area (Å²) in [7, 11) is 0. The lowest BCUT2D eigenvalue weighted by Crippen LogP contribution is -2.38. The van der Waals surface area contributed by atoms with Gasteiger partial charge in [-0.15, -0.1) is 0 Å². The zero-order valence-electron chi connectivity index (χ0n) is 9.17. The molecule has 0 saturated heterocycles. The zero-order valence-corrected chi connectivity index (χ0v) is 9.17. The van der Waals surface area contributed by atoms with Gasteiger partial charge in [0.05, 0.1) is 6.54 Å². The summed E-state index contributed by atoms with van der Waals surface area (Å²) in [5.41, 5.74) is 10.7. The van der Waals surface area contributed by atoms with Crippen molar-refractivity contribution >= 4 is 5.91 Å². The summed E-state index contributed by atoms with van der Waals surface area (Å²) in [5, 5.41) is 0. The molecular formula is C10H23N3O. The number of nitrogens with two attached hydrogens (primary N) is 2. The van der Waals surface area contributed by atoms with Crippen LogP contribution in [-0.2, 0) is 4.79 Å². The van der Waals surface area contributed by atoms with Gasteiger partial charge >= 0.3 is 0 Å². The van der Waals surface area contributed by atoms with Crippen LogP contribution in [0, 0.1) is 0 Å². The Bertz CT molecular complexity index is 150. The van der Waals surface area contributed by atoms with E-state index in [0.717, 1.165) is 32.4 Å². The summed E-state index contributed by atoms with van der Waals surface area (Å²) in [6.07, 6.45) is 4.25. The minimum atomic E-state index is 0.0366. The van der Waals surface area contributed by atoms with Gasteiger partial charge in [-0.2, -0.15) is 0 Å². The number of hydrogen-bond donors (Lipinski definition) is 2. The number of nitrogens with zero attached hydrogens (tertiary/aromatic N) is 1. The predicted molar refractivity (Wildman–Crippen MR) is 58.8 cm³/mol. The van der Waals surface area contributed by atoms with Crippen LogP contribution in [0.15, 0.2) is 0 Å². The van der Waals surface area contributed by atoms with Crippen LogP contribution in [-0.4, -0.2) is 37.0 Å². The number of carbonyl (C=O) groups excluding carboxylic acids is 1. The van der Waals surface area contributed by atoms with Crippen LogP contribution in [0.5, 0.6) is 0 Å². The van der Waals surface area contributed by atoms with Crippen molar-refractivity contribution in [3.63, 3.8) is 0 Å². The van der Waals surface area contributed by atoms with E-state index >= 15 is 0 Å². The molecule has 0 aromatic carbocycles. The largest absolute Gasteiger partial charge is 0.342 e. The summed E-state index contributed by atoms with van der Waals surface area (Å²) in [6, 6.07) is 0. The highest BCUT2D eigenvalue weighted by atomic mass is 16.2. The van der Waals surface area contributed by atoms with Gasteiger partial charge in [0.15, 0.2) is 0 Å². The first-order valence-electron chi connectivity index (χ1n) is 5.44. The van der Waals surface area contributed by atoms with Crippen molar-refractivity contribution in [2.45, 2.75) is 32.6 Å². The second-order valence-corrected chi connectivity index (χ2v) is 3.43. The summed E-state index contributed by atoms with van der Waals surface area (Å²) in [6.45, 7) is 4.45. The molecule has 0 aliphatic carbocycles. The first kappa shape index (κ1) is 13.4. The molecule has 0 spiro atoms. The Balaban J connectivity index is 3.78. The van der Waals surface area contributed by atoms with E-state index in [1.54, 1.807) is 0 Å². The normalized spacial score (nSPS) is 10.2. The SMILES string of the molecule is CCCCCN(CCCN)C(=O)CN. The van der Waals surface area contributed by atoms with Crippen LogP contribution in [0.4, 0.5) is 0 Å². The monoisotopic (exact) mass is 201 g/mol. The van der Waals surface area contributed by atoms with Gasteiger partial charge in [0.25, 0.3) is 0 Å². The molecule has 0 aliphatic rings. The van der Waals surface area contributed by atoms with Gasteiger partial charge in [-0.1, -0.05) is 19.8 Å². The topological polar surface area (TPSA) is 72.3 Å². The van der Waals surface area contributed by atoms with Gasteiger partial charge in [-0.3, -0.25) is 4.79 Å². The maximum Gasteiger partial charge on any atom is 0.236 e. The molecule has 0 fully saturated rings. The van der Waals surface area contributed by atoms with E-state index in [1.165, 1.54) is 6.42 Å². The van der Waals surface area contributed by atoms with E-state index in [1.807, 2.05) is 4.90 Å². The van der Waals surface area contributed by atoms with Gasteiger partial charge in [0.1, 0.15) is 0 Å². The molecule has 1 amide bonds. The summed E-state index contributed by atoms with van der Waals surface area (Å²) >= 11 is 0. The zero-order chi connectivity index (χ0) is 10.8. The van der Waals surface area contributed by atoms with E-state index in [0.29, 0.717) is 6.54 Å². The van der Waals surface area contributed by atoms with E-state index in [2.05, 4.69) is 6.92 Å². The lowest BCUT2D eigenvalue weighted by atomic mass is 10.2. The molecule has 0 rings (SSSR count). The molecule has 14 heavy (non-hydrogen) atoms. The lowest BCUT2D eigenvalue weighted by molar-refractivity contribution is -0.129. The predicted octanol–water partition coefficient (Wildman–Crippen LogP) is 0.313. The first-order valence-corrected chi connectivity index (χ1v) is 5.44. The van der Waals surface area contributed by atoms with Crippen molar-refractivity contribution in [2.24, 2.45) is 11.5 Å². The Kier molecular flexibility index (Phi) is 8.57. The van der Waals surface area contributed by atoms with Crippen molar-refractivity contribution in [1.82, 2.24) is 4.90 Å². The molecule has 4 N–H and O–H groups in total. The van der Waals surface area contributed by atoms with Crippen molar-refractivity contribution in [2.75, 3.05) is 26.2 Å². The molecule has 0 aromatic rings. The fourth-order valence-corrected chi connectivity index (χ4v) is 1.33. The van der Waals surface area contributed by atoms with E-state index in [4.69, 9.17) is 11.5 Å². The molecule has 4 heteroatoms. The molecule has 0 radical (unpaired) electrons. The van der Waals surface area contributed by atoms with Crippen LogP contribution < -0.4 is 11.5 Å². The molecule has 0 atom stereocenters. The highest BCUT2D eigenvalue weighted by Crippen LogP contribution is 1.99. The van der Waals surface area contributed by atoms with Gasteiger partial charge in [-0.25, -0.2) is 0 Å². The molecule has 0 heterocycles. The fourth-order valence-electron chi connectivity index (χ4n) is 1.33. The van der Waals surface area contributed by atoms with Crippen LogP contribution in [0.2, 0.25) is 0 Å². The second-order valence-electron chi connectivity index (χ2n) is 3.43. The fraction of sp³-hybridized carbons (Fsp3) is 0.900. The molecule has 0 saturated carbocycles. The maximum absolute atomic E-state index is 11.4. The lowest BCUT2D eigenvalue weighted by Gasteiger charge is -2.21. The molecule has 84 valence electrons. The molecule has 4 nitrogen and oxygen atoms in total. The van der Waals surface area contributed by atoms with Crippen molar-refractivity contribution in [3.8, 4) is 0 Å². The Hall–Kier alpha value is -0.610. The van der Waals surface area contributed by atoms with Gasteiger partial charge < -0.3 is 16.4 Å². The van der Waals surface area contributed by atoms with Crippen molar-refractivity contribution < 1.29 is 4.79 Å². The van der Waals surface area contributed by atoms with Gasteiger partial charge in [-0.05, 0) is 19.4 Å². The Labute approximate surface area is 86.6 Å². The number of amides is 1. The van der Waals surface area contributed by atoms with Gasteiger partial charge in [0, 0.05) is 13.1 Å². The molecular weight excluding hydrogens is 178 g/mol. The Morgan fingerprint density at radius 3 is 2.29 bits per heavy atom. The average molecular weight is 201 g/mol. The van der Waals surface area contributed by atoms with Crippen LogP contribution >= 0.6 is 0 Å². The van der Waals surface area contributed by atoms with E-state index in [9.17, 15) is 4.79 Å². The number of carbonyl (C=O) groups is 1. The molecule has 0 bridgehead atoms.